The third-order valence-electron chi connectivity index (χ3n) is 7.81. The quantitative estimate of drug-likeness (QED) is 0.175. The van der Waals surface area contributed by atoms with Gasteiger partial charge in [-0.05, 0) is 106 Å². The largest absolute Gasteiger partial charge is 0.483 e. The molecule has 234 valence electrons. The van der Waals surface area contributed by atoms with Gasteiger partial charge in [-0.3, -0.25) is 9.52 Å². The average Bonchev–Trinajstić information content (AvgIpc) is 3.41. The molecule has 0 saturated carbocycles. The Hall–Kier alpha value is -4.81. The van der Waals surface area contributed by atoms with Crippen LogP contribution in [0.5, 0.6) is 0 Å². The minimum atomic E-state index is -4.06. The van der Waals surface area contributed by atoms with Crippen LogP contribution in [0.1, 0.15) is 18.4 Å². The van der Waals surface area contributed by atoms with Gasteiger partial charge in [-0.25, -0.2) is 22.8 Å². The summed E-state index contributed by atoms with van der Waals surface area (Å²) < 4.78 is 44.4. The summed E-state index contributed by atoms with van der Waals surface area (Å²) in [5.41, 5.74) is 4.70. The van der Waals surface area contributed by atoms with E-state index in [9.17, 15) is 12.8 Å². The summed E-state index contributed by atoms with van der Waals surface area (Å²) in [6.07, 6.45) is 6.17. The molecule has 1 fully saturated rings. The maximum atomic E-state index is 14.2. The number of rotatable bonds is 8. The van der Waals surface area contributed by atoms with Gasteiger partial charge in [-0.15, -0.1) is 0 Å². The molecule has 0 unspecified atom stereocenters. The second-order valence-corrected chi connectivity index (χ2v) is 12.8. The molecule has 0 radical (unpaired) electrons. The lowest BCUT2D eigenvalue weighted by Crippen LogP contribution is -2.31. The molecule has 5 aromatic rings. The molecule has 0 bridgehead atoms. The van der Waals surface area contributed by atoms with Crippen molar-refractivity contribution < 1.29 is 22.7 Å². The van der Waals surface area contributed by atoms with E-state index in [0.717, 1.165) is 30.9 Å². The lowest BCUT2D eigenvalue weighted by Gasteiger charge is -2.29. The summed E-state index contributed by atoms with van der Waals surface area (Å²) in [6.45, 7) is 4.82. The Kier molecular flexibility index (Phi) is 9.74. The van der Waals surface area contributed by atoms with E-state index in [4.69, 9.17) is 9.90 Å². The second kappa shape index (κ2) is 13.9. The van der Waals surface area contributed by atoms with Gasteiger partial charge in [0.2, 0.25) is 0 Å². The molecule has 3 N–H and O–H groups in total. The molecule has 0 spiro atoms. The molecule has 1 saturated heterocycles. The van der Waals surface area contributed by atoms with Crippen LogP contribution in [-0.2, 0) is 21.4 Å². The van der Waals surface area contributed by atoms with Crippen LogP contribution in [0.2, 0.25) is 0 Å². The fraction of sp³-hybridized carbons (Fsp3) is 0.242. The first-order valence-corrected chi connectivity index (χ1v) is 16.0. The number of hydrogen-bond acceptors (Lipinski definition) is 7. The monoisotopic (exact) mass is 630 g/mol. The molecule has 2 aromatic heterocycles. The lowest BCUT2D eigenvalue weighted by atomic mass is 9.97. The number of nitrogens with zero attached hydrogens (tertiary/aromatic N) is 4. The van der Waals surface area contributed by atoms with Crippen molar-refractivity contribution in [2.45, 2.75) is 31.2 Å². The van der Waals surface area contributed by atoms with E-state index < -0.39 is 20.7 Å². The van der Waals surface area contributed by atoms with Crippen LogP contribution in [0.15, 0.2) is 90.2 Å². The van der Waals surface area contributed by atoms with Gasteiger partial charge in [0.05, 0.1) is 5.69 Å². The summed E-state index contributed by atoms with van der Waals surface area (Å²) in [5, 5.41) is 11.3. The summed E-state index contributed by atoms with van der Waals surface area (Å²) in [5.74, 6) is 0.525. The zero-order valence-electron chi connectivity index (χ0n) is 25.0. The highest BCUT2D eigenvalue weighted by molar-refractivity contribution is 7.92. The number of anilines is 3. The van der Waals surface area contributed by atoms with Crippen LogP contribution < -0.4 is 10.0 Å². The molecule has 0 amide bonds. The van der Waals surface area contributed by atoms with Gasteiger partial charge < -0.3 is 19.9 Å². The van der Waals surface area contributed by atoms with E-state index in [1.807, 2.05) is 6.07 Å². The van der Waals surface area contributed by atoms with E-state index >= 15 is 0 Å². The van der Waals surface area contributed by atoms with Crippen LogP contribution >= 0.6 is 0 Å². The highest BCUT2D eigenvalue weighted by atomic mass is 32.2. The van der Waals surface area contributed by atoms with E-state index in [1.165, 1.54) is 42.2 Å². The Morgan fingerprint density at radius 3 is 2.40 bits per heavy atom. The SMILES string of the molecule is Cc1ccc(S(=O)(=O)Nc2ccc(Nc3cc(-c4ccc5c(ccn5CC5CCN(C)CC5)c4)ncn3)cc2)c(F)c1.O=CO. The Morgan fingerprint density at radius 1 is 0.978 bits per heavy atom. The van der Waals surface area contributed by atoms with E-state index in [2.05, 4.69) is 67.0 Å². The molecular formula is C33H35FN6O4S. The normalized spacial score (nSPS) is 14.0. The predicted octanol–water partition coefficient (Wildman–Crippen LogP) is 6.13. The molecular weight excluding hydrogens is 595 g/mol. The highest BCUT2D eigenvalue weighted by Crippen LogP contribution is 2.28. The molecule has 0 atom stereocenters. The fourth-order valence-corrected chi connectivity index (χ4v) is 6.55. The van der Waals surface area contributed by atoms with Gasteiger partial charge in [0, 0.05) is 46.6 Å². The molecule has 1 aliphatic rings. The van der Waals surface area contributed by atoms with Crippen molar-refractivity contribution in [3.05, 3.63) is 96.7 Å². The number of piperidine rings is 1. The zero-order valence-corrected chi connectivity index (χ0v) is 25.8. The number of aryl methyl sites for hydroxylation is 1. The van der Waals surface area contributed by atoms with Crippen molar-refractivity contribution in [3.8, 4) is 11.3 Å². The Morgan fingerprint density at radius 2 is 1.69 bits per heavy atom. The first kappa shape index (κ1) is 31.6. The van der Waals surface area contributed by atoms with Crippen molar-refractivity contribution in [2.75, 3.05) is 30.2 Å². The number of nitrogens with one attached hydrogen (secondary N) is 2. The smallest absolute Gasteiger partial charge is 0.290 e. The van der Waals surface area contributed by atoms with Gasteiger partial charge in [-0.2, -0.15) is 0 Å². The Balaban J connectivity index is 0.00000128. The molecule has 0 aliphatic carbocycles. The zero-order chi connectivity index (χ0) is 32.0. The van der Waals surface area contributed by atoms with Crippen LogP contribution in [0.25, 0.3) is 22.2 Å². The number of likely N-dealkylation sites (tertiary alicyclic amines) is 1. The van der Waals surface area contributed by atoms with Gasteiger partial charge in [0.15, 0.2) is 0 Å². The topological polar surface area (TPSA) is 129 Å². The summed E-state index contributed by atoms with van der Waals surface area (Å²) >= 11 is 0. The molecule has 1 aliphatic heterocycles. The molecule has 3 aromatic carbocycles. The van der Waals surface area contributed by atoms with E-state index in [-0.39, 0.29) is 6.47 Å². The second-order valence-electron chi connectivity index (χ2n) is 11.1. The number of carboxylic acid groups (broad SMARTS) is 1. The minimum Gasteiger partial charge on any atom is -0.483 e. The minimum absolute atomic E-state index is 0.250. The van der Waals surface area contributed by atoms with Crippen molar-refractivity contribution in [3.63, 3.8) is 0 Å². The fourth-order valence-electron chi connectivity index (χ4n) is 5.43. The summed E-state index contributed by atoms with van der Waals surface area (Å²) in [6, 6.07) is 21.2. The van der Waals surface area contributed by atoms with Crippen molar-refractivity contribution in [2.24, 2.45) is 5.92 Å². The lowest BCUT2D eigenvalue weighted by molar-refractivity contribution is -0.122. The first-order chi connectivity index (χ1) is 21.6. The molecule has 12 heteroatoms. The van der Waals surface area contributed by atoms with Gasteiger partial charge >= 0.3 is 0 Å². The van der Waals surface area contributed by atoms with Gasteiger partial charge in [0.1, 0.15) is 22.9 Å². The van der Waals surface area contributed by atoms with Crippen molar-refractivity contribution >= 4 is 44.6 Å². The maximum Gasteiger partial charge on any atom is 0.290 e. The van der Waals surface area contributed by atoms with Gasteiger partial charge in [0.25, 0.3) is 16.5 Å². The number of benzene rings is 3. The Bertz CT molecular complexity index is 1890. The number of carbonyl (C=O) groups is 1. The van der Waals surface area contributed by atoms with Crippen LogP contribution in [0.3, 0.4) is 0 Å². The highest BCUT2D eigenvalue weighted by Gasteiger charge is 2.20. The van der Waals surface area contributed by atoms with Crippen LogP contribution in [0.4, 0.5) is 21.6 Å². The number of hydrogen-bond donors (Lipinski definition) is 3. The number of sulfonamides is 1. The van der Waals surface area contributed by atoms with Crippen molar-refractivity contribution in [1.82, 2.24) is 19.4 Å². The predicted molar refractivity (Wildman–Crippen MR) is 174 cm³/mol. The van der Waals surface area contributed by atoms with Gasteiger partial charge in [-0.1, -0.05) is 12.1 Å². The summed E-state index contributed by atoms with van der Waals surface area (Å²) in [7, 11) is -1.87. The molecule has 6 rings (SSSR count). The van der Waals surface area contributed by atoms with Crippen LogP contribution in [-0.4, -0.2) is 59.6 Å². The van der Waals surface area contributed by atoms with Crippen molar-refractivity contribution in [1.29, 1.82) is 0 Å². The number of aromatic nitrogens is 3. The molecule has 10 nitrogen and oxygen atoms in total. The third kappa shape index (κ3) is 7.83. The third-order valence-corrected chi connectivity index (χ3v) is 9.23. The first-order valence-electron chi connectivity index (χ1n) is 14.5. The molecule has 3 heterocycles. The molecule has 45 heavy (non-hydrogen) atoms. The van der Waals surface area contributed by atoms with E-state index in [0.29, 0.717) is 28.7 Å². The summed E-state index contributed by atoms with van der Waals surface area (Å²) in [4.78, 5) is 19.2. The average molecular weight is 631 g/mol. The number of halogens is 1. The maximum absolute atomic E-state index is 14.2. The standard InChI is InChI=1S/C32H33FN6O2S.CH2O2/c1-22-3-10-31(28(33)17-22)42(40,41)37-27-7-5-26(6-8-27)36-32-19-29(34-21-35-32)24-4-9-30-25(18-24)13-16-39(30)20-23-11-14-38(2)15-12-23;2-1-3/h3-10,13,16-19,21,23,37H,11-12,14-15,20H2,1-2H3,(H,34,35,36);1H,(H,2,3). The van der Waals surface area contributed by atoms with Crippen LogP contribution in [0, 0.1) is 18.7 Å². The number of fused-ring (bicyclic) bond motifs is 1. The Labute approximate surface area is 261 Å². The van der Waals surface area contributed by atoms with E-state index in [1.54, 1.807) is 37.3 Å².